The average Bonchev–Trinajstić information content (AvgIpc) is 2.57. The van der Waals surface area contributed by atoms with E-state index < -0.39 is 0 Å². The largest absolute Gasteiger partial charge is 0.464 e. The van der Waals surface area contributed by atoms with Gasteiger partial charge in [0.15, 0.2) is 0 Å². The predicted molar refractivity (Wildman–Crippen MR) is 72.2 cm³/mol. The quantitative estimate of drug-likeness (QED) is 0.886. The first-order valence-corrected chi connectivity index (χ1v) is 6.14. The van der Waals surface area contributed by atoms with Crippen molar-refractivity contribution in [2.75, 3.05) is 6.54 Å². The molecule has 1 N–H and O–H groups in total. The third-order valence-corrected chi connectivity index (χ3v) is 2.72. The molecule has 0 aromatic heterocycles. The second-order valence-corrected chi connectivity index (χ2v) is 4.32. The van der Waals surface area contributed by atoms with Crippen LogP contribution < -0.4 is 10.1 Å². The summed E-state index contributed by atoms with van der Waals surface area (Å²) in [6, 6.07) is 5.93. The van der Waals surface area contributed by atoms with E-state index in [2.05, 4.69) is 5.32 Å². The molecule has 3 nitrogen and oxygen atoms in total. The van der Waals surface area contributed by atoms with Gasteiger partial charge in [0, 0.05) is 17.7 Å². The van der Waals surface area contributed by atoms with E-state index in [0.29, 0.717) is 12.1 Å². The third-order valence-electron chi connectivity index (χ3n) is 2.72. The molecule has 1 aliphatic heterocycles. The number of carbonyl (C=O) groups is 1. The maximum atomic E-state index is 11.9. The summed E-state index contributed by atoms with van der Waals surface area (Å²) in [5, 5.41) is 2.86. The van der Waals surface area contributed by atoms with Crippen LogP contribution in [0.4, 0.5) is 0 Å². The zero-order valence-corrected chi connectivity index (χ0v) is 10.7. The van der Waals surface area contributed by atoms with Gasteiger partial charge in [-0.1, -0.05) is 19.1 Å². The van der Waals surface area contributed by atoms with Crippen molar-refractivity contribution in [2.24, 2.45) is 0 Å². The number of hydrogen-bond donors (Lipinski definition) is 1. The maximum Gasteiger partial charge on any atom is 0.251 e. The molecule has 0 saturated heterocycles. The van der Waals surface area contributed by atoms with Gasteiger partial charge in [-0.05, 0) is 37.1 Å². The fourth-order valence-corrected chi connectivity index (χ4v) is 1.74. The standard InChI is InChI=1S/C15H17NO2/c1-3-7-16-15(17)13-6-8-18-14-9-11(2)4-5-12(14)10-13/h4-6,8-10H,3,7H2,1-2H3,(H,16,17). The van der Waals surface area contributed by atoms with E-state index in [1.54, 1.807) is 12.3 Å². The van der Waals surface area contributed by atoms with E-state index in [4.69, 9.17) is 4.74 Å². The monoisotopic (exact) mass is 243 g/mol. The van der Waals surface area contributed by atoms with Crippen LogP contribution in [0.5, 0.6) is 5.75 Å². The minimum absolute atomic E-state index is 0.0647. The Labute approximate surface area is 107 Å². The van der Waals surface area contributed by atoms with E-state index in [-0.39, 0.29) is 5.91 Å². The molecule has 0 bridgehead atoms. The van der Waals surface area contributed by atoms with Crippen molar-refractivity contribution >= 4 is 12.0 Å². The molecule has 18 heavy (non-hydrogen) atoms. The summed E-state index contributed by atoms with van der Waals surface area (Å²) in [4.78, 5) is 11.9. The Kier molecular flexibility index (Phi) is 3.82. The zero-order chi connectivity index (χ0) is 13.0. The second kappa shape index (κ2) is 5.54. The van der Waals surface area contributed by atoms with Crippen molar-refractivity contribution in [3.63, 3.8) is 0 Å². The Morgan fingerprint density at radius 2 is 2.22 bits per heavy atom. The van der Waals surface area contributed by atoms with Crippen LogP contribution >= 0.6 is 0 Å². The van der Waals surface area contributed by atoms with Crippen LogP contribution in [-0.2, 0) is 4.79 Å². The highest BCUT2D eigenvalue weighted by molar-refractivity contribution is 6.01. The molecule has 94 valence electrons. The highest BCUT2D eigenvalue weighted by Gasteiger charge is 2.11. The SMILES string of the molecule is CCCNC(=O)C1=Cc2ccc(C)cc2OC=C1. The molecule has 0 radical (unpaired) electrons. The summed E-state index contributed by atoms with van der Waals surface area (Å²) >= 11 is 0. The molecule has 0 aliphatic carbocycles. The van der Waals surface area contributed by atoms with Gasteiger partial charge in [0.1, 0.15) is 5.75 Å². The van der Waals surface area contributed by atoms with Crippen LogP contribution in [0.2, 0.25) is 0 Å². The molecule has 0 saturated carbocycles. The molecular weight excluding hydrogens is 226 g/mol. The summed E-state index contributed by atoms with van der Waals surface area (Å²) < 4.78 is 5.50. The first-order valence-electron chi connectivity index (χ1n) is 6.14. The molecular formula is C15H17NO2. The fourth-order valence-electron chi connectivity index (χ4n) is 1.74. The minimum atomic E-state index is -0.0647. The number of ether oxygens (including phenoxy) is 1. The van der Waals surface area contributed by atoms with Gasteiger partial charge in [0.2, 0.25) is 0 Å². The number of nitrogens with one attached hydrogen (secondary N) is 1. The van der Waals surface area contributed by atoms with Crippen LogP contribution in [-0.4, -0.2) is 12.5 Å². The molecule has 0 fully saturated rings. The molecule has 1 aliphatic rings. The van der Waals surface area contributed by atoms with Crippen molar-refractivity contribution in [3.05, 3.63) is 47.2 Å². The molecule has 0 unspecified atom stereocenters. The first-order chi connectivity index (χ1) is 8.70. The minimum Gasteiger partial charge on any atom is -0.464 e. The number of carbonyl (C=O) groups excluding carboxylic acids is 1. The van der Waals surface area contributed by atoms with Crippen LogP contribution in [0, 0.1) is 6.92 Å². The van der Waals surface area contributed by atoms with Gasteiger partial charge in [-0.3, -0.25) is 4.79 Å². The number of hydrogen-bond acceptors (Lipinski definition) is 2. The highest BCUT2D eigenvalue weighted by atomic mass is 16.5. The van der Waals surface area contributed by atoms with Gasteiger partial charge in [0.05, 0.1) is 6.26 Å². The lowest BCUT2D eigenvalue weighted by Gasteiger charge is -2.05. The van der Waals surface area contributed by atoms with Crippen molar-refractivity contribution in [1.29, 1.82) is 0 Å². The Bertz CT molecular complexity index is 515. The fraction of sp³-hybridized carbons (Fsp3) is 0.267. The molecule has 1 aromatic rings. The van der Waals surface area contributed by atoms with Crippen LogP contribution in [0.1, 0.15) is 24.5 Å². The molecule has 0 spiro atoms. The molecule has 1 amide bonds. The first kappa shape index (κ1) is 12.4. The molecule has 1 heterocycles. The van der Waals surface area contributed by atoms with Crippen molar-refractivity contribution in [3.8, 4) is 5.75 Å². The lowest BCUT2D eigenvalue weighted by atomic mass is 10.1. The van der Waals surface area contributed by atoms with E-state index in [9.17, 15) is 4.79 Å². The number of amides is 1. The summed E-state index contributed by atoms with van der Waals surface area (Å²) in [5.74, 6) is 0.717. The van der Waals surface area contributed by atoms with Crippen molar-refractivity contribution in [1.82, 2.24) is 5.32 Å². The van der Waals surface area contributed by atoms with E-state index in [0.717, 1.165) is 23.3 Å². The highest BCUT2D eigenvalue weighted by Crippen LogP contribution is 2.25. The van der Waals surface area contributed by atoms with E-state index in [1.165, 1.54) is 0 Å². The van der Waals surface area contributed by atoms with Gasteiger partial charge < -0.3 is 10.1 Å². The third kappa shape index (κ3) is 2.80. The Balaban J connectivity index is 2.27. The van der Waals surface area contributed by atoms with E-state index >= 15 is 0 Å². The Morgan fingerprint density at radius 3 is 3.00 bits per heavy atom. The second-order valence-electron chi connectivity index (χ2n) is 4.32. The summed E-state index contributed by atoms with van der Waals surface area (Å²) in [6.07, 6.45) is 6.03. The number of fused-ring (bicyclic) bond motifs is 1. The van der Waals surface area contributed by atoms with Gasteiger partial charge in [-0.25, -0.2) is 0 Å². The Morgan fingerprint density at radius 1 is 1.39 bits per heavy atom. The normalized spacial score (nSPS) is 13.1. The van der Waals surface area contributed by atoms with Crippen molar-refractivity contribution in [2.45, 2.75) is 20.3 Å². The summed E-state index contributed by atoms with van der Waals surface area (Å²) in [7, 11) is 0. The summed E-state index contributed by atoms with van der Waals surface area (Å²) in [6.45, 7) is 4.72. The zero-order valence-electron chi connectivity index (χ0n) is 10.7. The molecule has 0 atom stereocenters. The Hall–Kier alpha value is -2.03. The van der Waals surface area contributed by atoms with Crippen LogP contribution in [0.3, 0.4) is 0 Å². The van der Waals surface area contributed by atoms with Gasteiger partial charge in [-0.2, -0.15) is 0 Å². The lowest BCUT2D eigenvalue weighted by Crippen LogP contribution is -2.24. The van der Waals surface area contributed by atoms with Crippen LogP contribution in [0.25, 0.3) is 6.08 Å². The topological polar surface area (TPSA) is 38.3 Å². The number of benzene rings is 1. The molecule has 2 rings (SSSR count). The molecule has 1 aromatic carbocycles. The van der Waals surface area contributed by atoms with Gasteiger partial charge in [-0.15, -0.1) is 0 Å². The molecule has 3 heteroatoms. The van der Waals surface area contributed by atoms with Crippen LogP contribution in [0.15, 0.2) is 36.1 Å². The summed E-state index contributed by atoms with van der Waals surface area (Å²) in [5.41, 5.74) is 2.67. The average molecular weight is 243 g/mol. The van der Waals surface area contributed by atoms with Gasteiger partial charge in [0.25, 0.3) is 5.91 Å². The smallest absolute Gasteiger partial charge is 0.251 e. The predicted octanol–water partition coefficient (Wildman–Crippen LogP) is 2.81. The number of rotatable bonds is 3. The van der Waals surface area contributed by atoms with Crippen molar-refractivity contribution < 1.29 is 9.53 Å². The number of aryl methyl sites for hydroxylation is 1. The lowest BCUT2D eigenvalue weighted by molar-refractivity contribution is -0.117. The maximum absolute atomic E-state index is 11.9. The van der Waals surface area contributed by atoms with Gasteiger partial charge >= 0.3 is 0 Å². The van der Waals surface area contributed by atoms with E-state index in [1.807, 2.05) is 38.1 Å².